The van der Waals surface area contributed by atoms with Crippen LogP contribution in [0.1, 0.15) is 36.4 Å². The Kier molecular flexibility index (Phi) is 7.41. The minimum atomic E-state index is 0. The zero-order valence-electron chi connectivity index (χ0n) is 16.3. The van der Waals surface area contributed by atoms with Crippen LogP contribution >= 0.6 is 23.7 Å². The molecule has 4 rings (SSSR count). The van der Waals surface area contributed by atoms with Crippen LogP contribution in [0.5, 0.6) is 0 Å². The number of nitrogens with one attached hydrogen (secondary N) is 1. The van der Waals surface area contributed by atoms with Crippen LogP contribution in [0.3, 0.4) is 0 Å². The average Bonchev–Trinajstić information content (AvgIpc) is 3.44. The van der Waals surface area contributed by atoms with E-state index in [1.54, 1.807) is 11.3 Å². The second kappa shape index (κ2) is 10.0. The van der Waals surface area contributed by atoms with Gasteiger partial charge in [0, 0.05) is 43.4 Å². The number of nitrogens with zero attached hydrogens (tertiary/aromatic N) is 3. The molecule has 1 N–H and O–H groups in total. The molecule has 1 saturated heterocycles. The fourth-order valence-corrected chi connectivity index (χ4v) is 4.13. The lowest BCUT2D eigenvalue weighted by Gasteiger charge is -2.36. The molecule has 8 heteroatoms. The predicted molar refractivity (Wildman–Crippen MR) is 116 cm³/mol. The van der Waals surface area contributed by atoms with Crippen molar-refractivity contribution in [2.45, 2.75) is 32.2 Å². The number of rotatable bonds is 6. The molecule has 0 aliphatic carbocycles. The van der Waals surface area contributed by atoms with Gasteiger partial charge < -0.3 is 14.7 Å². The Bertz CT molecular complexity index is 911. The number of aryl methyl sites for hydroxylation is 2. The number of amides is 1. The third-order valence-corrected chi connectivity index (χ3v) is 5.82. The van der Waals surface area contributed by atoms with E-state index >= 15 is 0 Å². The van der Waals surface area contributed by atoms with Crippen molar-refractivity contribution in [2.75, 3.05) is 19.6 Å². The van der Waals surface area contributed by atoms with Crippen molar-refractivity contribution in [2.24, 2.45) is 0 Å². The summed E-state index contributed by atoms with van der Waals surface area (Å²) in [5.74, 6) is 1.22. The summed E-state index contributed by atoms with van der Waals surface area (Å²) in [6.45, 7) is 4.45. The average molecular weight is 433 g/mol. The molecule has 0 radical (unpaired) electrons. The maximum absolute atomic E-state index is 12.9. The number of hydrogen-bond donors (Lipinski definition) is 1. The van der Waals surface area contributed by atoms with Gasteiger partial charge in [-0.05, 0) is 29.0 Å². The lowest BCUT2D eigenvalue weighted by atomic mass is 10.0. The van der Waals surface area contributed by atoms with E-state index in [1.165, 1.54) is 11.1 Å². The summed E-state index contributed by atoms with van der Waals surface area (Å²) in [6.07, 6.45) is 1.85. The van der Waals surface area contributed by atoms with E-state index in [0.29, 0.717) is 31.1 Å². The van der Waals surface area contributed by atoms with Gasteiger partial charge in [-0.2, -0.15) is 16.3 Å². The molecule has 1 unspecified atom stereocenters. The first-order chi connectivity index (χ1) is 13.7. The van der Waals surface area contributed by atoms with E-state index in [1.807, 2.05) is 21.7 Å². The molecule has 1 fully saturated rings. The number of halogens is 1. The largest absolute Gasteiger partial charge is 0.339 e. The minimum Gasteiger partial charge on any atom is -0.339 e. The fourth-order valence-electron chi connectivity index (χ4n) is 3.50. The second-order valence-electron chi connectivity index (χ2n) is 6.93. The van der Waals surface area contributed by atoms with Crippen molar-refractivity contribution in [3.8, 4) is 11.4 Å². The van der Waals surface area contributed by atoms with Gasteiger partial charge in [0.15, 0.2) is 0 Å². The van der Waals surface area contributed by atoms with Crippen molar-refractivity contribution in [1.29, 1.82) is 0 Å². The lowest BCUT2D eigenvalue weighted by molar-refractivity contribution is -0.134. The van der Waals surface area contributed by atoms with Crippen molar-refractivity contribution in [1.82, 2.24) is 20.4 Å². The molecular formula is C21H25ClN4O2S. The van der Waals surface area contributed by atoms with Crippen molar-refractivity contribution >= 4 is 29.7 Å². The number of hydrogen-bond acceptors (Lipinski definition) is 6. The van der Waals surface area contributed by atoms with Crippen molar-refractivity contribution in [3.63, 3.8) is 0 Å². The zero-order chi connectivity index (χ0) is 19.3. The van der Waals surface area contributed by atoms with E-state index in [2.05, 4.69) is 46.6 Å². The Morgan fingerprint density at radius 1 is 1.31 bits per heavy atom. The van der Waals surface area contributed by atoms with Crippen LogP contribution in [-0.2, 0) is 17.6 Å². The molecule has 1 aromatic carbocycles. The number of piperazine rings is 1. The van der Waals surface area contributed by atoms with Crippen LogP contribution < -0.4 is 5.32 Å². The molecule has 29 heavy (non-hydrogen) atoms. The Labute approximate surface area is 180 Å². The van der Waals surface area contributed by atoms with Gasteiger partial charge in [0.1, 0.15) is 0 Å². The van der Waals surface area contributed by atoms with Crippen LogP contribution in [0.25, 0.3) is 11.4 Å². The van der Waals surface area contributed by atoms with Crippen molar-refractivity contribution in [3.05, 3.63) is 58.1 Å². The maximum Gasteiger partial charge on any atom is 0.227 e. The first-order valence-corrected chi connectivity index (χ1v) is 10.6. The first-order valence-electron chi connectivity index (χ1n) is 9.68. The Morgan fingerprint density at radius 3 is 2.86 bits per heavy atom. The van der Waals surface area contributed by atoms with Crippen LogP contribution in [0.4, 0.5) is 0 Å². The minimum absolute atomic E-state index is 0. The molecule has 3 heterocycles. The number of thiophene rings is 1. The molecule has 6 nitrogen and oxygen atoms in total. The van der Waals surface area contributed by atoms with Gasteiger partial charge in [0.25, 0.3) is 0 Å². The smallest absolute Gasteiger partial charge is 0.227 e. The van der Waals surface area contributed by atoms with Gasteiger partial charge in [-0.1, -0.05) is 36.3 Å². The topological polar surface area (TPSA) is 71.3 Å². The monoisotopic (exact) mass is 432 g/mol. The van der Waals surface area contributed by atoms with E-state index in [9.17, 15) is 4.79 Å². The van der Waals surface area contributed by atoms with Gasteiger partial charge in [0.2, 0.25) is 17.6 Å². The molecule has 1 aliphatic heterocycles. The summed E-state index contributed by atoms with van der Waals surface area (Å²) in [5.41, 5.74) is 3.43. The Morgan fingerprint density at radius 2 is 2.14 bits per heavy atom. The number of benzene rings is 1. The normalized spacial score (nSPS) is 16.4. The molecule has 0 saturated carbocycles. The molecule has 0 spiro atoms. The highest BCUT2D eigenvalue weighted by molar-refractivity contribution is 7.08. The first kappa shape index (κ1) is 21.5. The molecule has 3 aromatic rings. The van der Waals surface area contributed by atoms with E-state index < -0.39 is 0 Å². The third-order valence-electron chi connectivity index (χ3n) is 5.14. The molecule has 0 bridgehead atoms. The van der Waals surface area contributed by atoms with Gasteiger partial charge in [-0.15, -0.1) is 12.4 Å². The van der Waals surface area contributed by atoms with Gasteiger partial charge in [-0.3, -0.25) is 4.79 Å². The highest BCUT2D eigenvalue weighted by Crippen LogP contribution is 2.24. The highest BCUT2D eigenvalue weighted by atomic mass is 35.5. The van der Waals surface area contributed by atoms with Gasteiger partial charge >= 0.3 is 0 Å². The second-order valence-corrected chi connectivity index (χ2v) is 7.71. The summed E-state index contributed by atoms with van der Waals surface area (Å²) >= 11 is 1.59. The Balaban J connectivity index is 0.00000240. The maximum atomic E-state index is 12.9. The molecule has 2 aromatic heterocycles. The summed E-state index contributed by atoms with van der Waals surface area (Å²) in [4.78, 5) is 19.3. The Hall–Kier alpha value is -2.22. The summed E-state index contributed by atoms with van der Waals surface area (Å²) in [6, 6.07) is 10.6. The summed E-state index contributed by atoms with van der Waals surface area (Å²) < 4.78 is 5.32. The van der Waals surface area contributed by atoms with E-state index in [-0.39, 0.29) is 24.4 Å². The van der Waals surface area contributed by atoms with Crippen LogP contribution in [0.15, 0.2) is 45.6 Å². The SMILES string of the molecule is CCc1ccc(C2CNCCN2C(=O)CCc2nc(-c3ccsc3)no2)cc1.Cl. The fraction of sp³-hybridized carbons (Fsp3) is 0.381. The number of carbonyl (C=O) groups is 1. The molecule has 1 atom stereocenters. The quantitative estimate of drug-likeness (QED) is 0.639. The van der Waals surface area contributed by atoms with E-state index in [4.69, 9.17) is 4.52 Å². The number of carbonyl (C=O) groups excluding carboxylic acids is 1. The summed E-state index contributed by atoms with van der Waals surface area (Å²) in [7, 11) is 0. The predicted octanol–water partition coefficient (Wildman–Crippen LogP) is 3.89. The lowest BCUT2D eigenvalue weighted by Crippen LogP contribution is -2.48. The van der Waals surface area contributed by atoms with Crippen molar-refractivity contribution < 1.29 is 9.32 Å². The summed E-state index contributed by atoms with van der Waals surface area (Å²) in [5, 5.41) is 11.4. The highest BCUT2D eigenvalue weighted by Gasteiger charge is 2.27. The standard InChI is InChI=1S/C21H24N4O2S.ClH/c1-2-15-3-5-16(6-4-15)18-13-22-10-11-25(18)20(26)8-7-19-23-21(24-27-19)17-9-12-28-14-17;/h3-6,9,12,14,18,22H,2,7-8,10-11,13H2,1H3;1H. The van der Waals surface area contributed by atoms with E-state index in [0.717, 1.165) is 25.1 Å². The van der Waals surface area contributed by atoms with Crippen LogP contribution in [0, 0.1) is 0 Å². The van der Waals surface area contributed by atoms with Crippen LogP contribution in [0.2, 0.25) is 0 Å². The molecule has 1 aliphatic rings. The molecule has 154 valence electrons. The molecular weight excluding hydrogens is 408 g/mol. The van der Waals surface area contributed by atoms with Crippen LogP contribution in [-0.4, -0.2) is 40.6 Å². The number of aromatic nitrogens is 2. The zero-order valence-corrected chi connectivity index (χ0v) is 18.0. The van der Waals surface area contributed by atoms with Gasteiger partial charge in [0.05, 0.1) is 6.04 Å². The van der Waals surface area contributed by atoms with Gasteiger partial charge in [-0.25, -0.2) is 0 Å². The molecule has 1 amide bonds. The third kappa shape index (κ3) is 5.04.